The molecule has 1 aromatic carbocycles. The summed E-state index contributed by atoms with van der Waals surface area (Å²) in [6.45, 7) is 0. The lowest BCUT2D eigenvalue weighted by Crippen LogP contribution is -2.03. The molecule has 0 aliphatic heterocycles. The molecule has 0 aliphatic rings. The van der Waals surface area contributed by atoms with Crippen LogP contribution < -0.4 is 5.73 Å². The Bertz CT molecular complexity index is 508. The summed E-state index contributed by atoms with van der Waals surface area (Å²) in [5.74, 6) is -0.640. The first-order valence-electron chi connectivity index (χ1n) is 4.77. The van der Waals surface area contributed by atoms with E-state index in [1.807, 2.05) is 17.5 Å². The summed E-state index contributed by atoms with van der Waals surface area (Å²) in [5, 5.41) is 1.91. The van der Waals surface area contributed by atoms with Crippen LogP contribution in [0, 0.1) is 5.82 Å². The normalized spacial score (nSPS) is 10.3. The number of thiophene rings is 1. The number of ketones is 1. The van der Waals surface area contributed by atoms with Crippen LogP contribution in [-0.2, 0) is 6.42 Å². The summed E-state index contributed by atoms with van der Waals surface area (Å²) >= 11 is 1.51. The fourth-order valence-corrected chi connectivity index (χ4v) is 2.08. The van der Waals surface area contributed by atoms with Gasteiger partial charge in [-0.25, -0.2) is 4.39 Å². The number of benzene rings is 1. The second-order valence-corrected chi connectivity index (χ2v) is 4.45. The van der Waals surface area contributed by atoms with Crippen LogP contribution in [0.15, 0.2) is 35.7 Å². The minimum atomic E-state index is -0.544. The summed E-state index contributed by atoms with van der Waals surface area (Å²) in [5.41, 5.74) is 5.76. The van der Waals surface area contributed by atoms with Crippen LogP contribution in [0.2, 0.25) is 0 Å². The minimum Gasteiger partial charge on any atom is -0.396 e. The van der Waals surface area contributed by atoms with Gasteiger partial charge in [-0.1, -0.05) is 6.07 Å². The van der Waals surface area contributed by atoms with Crippen LogP contribution in [0.5, 0.6) is 0 Å². The monoisotopic (exact) mass is 235 g/mol. The number of hydrogen-bond donors (Lipinski definition) is 1. The fraction of sp³-hybridized carbons (Fsp3) is 0.0833. The first-order chi connectivity index (χ1) is 7.66. The number of rotatable bonds is 3. The Kier molecular flexibility index (Phi) is 3.01. The summed E-state index contributed by atoms with van der Waals surface area (Å²) < 4.78 is 13.1. The van der Waals surface area contributed by atoms with Crippen molar-refractivity contribution < 1.29 is 9.18 Å². The molecule has 16 heavy (non-hydrogen) atoms. The van der Waals surface area contributed by atoms with Gasteiger partial charge in [0.25, 0.3) is 0 Å². The molecule has 2 N–H and O–H groups in total. The zero-order chi connectivity index (χ0) is 11.5. The Balaban J connectivity index is 2.18. The number of anilines is 1. The van der Waals surface area contributed by atoms with Crippen molar-refractivity contribution in [2.45, 2.75) is 6.42 Å². The number of carbonyl (C=O) groups excluding carboxylic acids is 1. The van der Waals surface area contributed by atoms with E-state index in [0.29, 0.717) is 12.0 Å². The third kappa shape index (κ3) is 2.28. The molecule has 2 rings (SSSR count). The molecule has 4 heteroatoms. The lowest BCUT2D eigenvalue weighted by Gasteiger charge is -2.01. The van der Waals surface area contributed by atoms with E-state index in [0.717, 1.165) is 4.88 Å². The van der Waals surface area contributed by atoms with Crippen molar-refractivity contribution in [3.05, 3.63) is 52.0 Å². The zero-order valence-corrected chi connectivity index (χ0v) is 9.26. The van der Waals surface area contributed by atoms with Crippen LogP contribution in [0.25, 0.3) is 0 Å². The van der Waals surface area contributed by atoms with Crippen LogP contribution in [0.1, 0.15) is 15.2 Å². The molecule has 0 spiro atoms. The average Bonchev–Trinajstić information content (AvgIpc) is 2.74. The average molecular weight is 235 g/mol. The molecule has 0 unspecified atom stereocenters. The Morgan fingerprint density at radius 2 is 2.19 bits per heavy atom. The fourth-order valence-electron chi connectivity index (χ4n) is 1.37. The van der Waals surface area contributed by atoms with E-state index < -0.39 is 5.82 Å². The molecule has 0 bridgehead atoms. The third-order valence-electron chi connectivity index (χ3n) is 2.24. The van der Waals surface area contributed by atoms with Crippen LogP contribution >= 0.6 is 11.3 Å². The zero-order valence-electron chi connectivity index (χ0n) is 8.44. The van der Waals surface area contributed by atoms with Gasteiger partial charge in [-0.2, -0.15) is 0 Å². The van der Waals surface area contributed by atoms with Gasteiger partial charge in [-0.05, 0) is 29.6 Å². The van der Waals surface area contributed by atoms with Gasteiger partial charge in [0, 0.05) is 16.9 Å². The molecule has 0 saturated carbocycles. The van der Waals surface area contributed by atoms with E-state index >= 15 is 0 Å². The highest BCUT2D eigenvalue weighted by Crippen LogP contribution is 2.16. The second kappa shape index (κ2) is 4.45. The summed E-state index contributed by atoms with van der Waals surface area (Å²) in [6, 6.07) is 7.92. The van der Waals surface area contributed by atoms with Crippen molar-refractivity contribution in [2.24, 2.45) is 0 Å². The summed E-state index contributed by atoms with van der Waals surface area (Å²) in [6.07, 6.45) is 0.307. The maximum atomic E-state index is 13.1. The molecule has 0 fully saturated rings. The standard InChI is InChI=1S/C12H10FNOS/c13-10-6-8(3-4-11(10)14)12(15)7-9-2-1-5-16-9/h1-6H,7,14H2. The van der Waals surface area contributed by atoms with E-state index in [-0.39, 0.29) is 11.5 Å². The first kappa shape index (κ1) is 10.8. The smallest absolute Gasteiger partial charge is 0.168 e. The lowest BCUT2D eigenvalue weighted by molar-refractivity contribution is 0.0993. The van der Waals surface area contributed by atoms with Gasteiger partial charge in [0.15, 0.2) is 5.78 Å². The first-order valence-corrected chi connectivity index (χ1v) is 5.65. The van der Waals surface area contributed by atoms with Crippen LogP contribution in [0.3, 0.4) is 0 Å². The van der Waals surface area contributed by atoms with Crippen molar-refractivity contribution in [1.82, 2.24) is 0 Å². The van der Waals surface area contributed by atoms with Crippen molar-refractivity contribution in [3.8, 4) is 0 Å². The van der Waals surface area contributed by atoms with Crippen LogP contribution in [-0.4, -0.2) is 5.78 Å². The van der Waals surface area contributed by atoms with E-state index in [9.17, 15) is 9.18 Å². The van der Waals surface area contributed by atoms with Gasteiger partial charge in [0.1, 0.15) is 5.82 Å². The van der Waals surface area contributed by atoms with Gasteiger partial charge >= 0.3 is 0 Å². The topological polar surface area (TPSA) is 43.1 Å². The third-order valence-corrected chi connectivity index (χ3v) is 3.11. The highest BCUT2D eigenvalue weighted by Gasteiger charge is 2.09. The molecule has 2 aromatic rings. The van der Waals surface area contributed by atoms with E-state index in [1.165, 1.54) is 23.5 Å². The van der Waals surface area contributed by atoms with Gasteiger partial charge in [0.05, 0.1) is 5.69 Å². The molecular formula is C12H10FNOS. The Morgan fingerprint density at radius 1 is 1.38 bits per heavy atom. The van der Waals surface area contributed by atoms with E-state index in [4.69, 9.17) is 5.73 Å². The van der Waals surface area contributed by atoms with Crippen molar-refractivity contribution in [1.29, 1.82) is 0 Å². The molecule has 0 amide bonds. The molecule has 0 saturated heterocycles. The number of Topliss-reactive ketones (excluding diaryl/α,β-unsaturated/α-hetero) is 1. The largest absolute Gasteiger partial charge is 0.396 e. The Morgan fingerprint density at radius 3 is 2.81 bits per heavy atom. The number of hydrogen-bond acceptors (Lipinski definition) is 3. The molecule has 1 heterocycles. The number of nitrogen functional groups attached to an aromatic ring is 1. The predicted octanol–water partition coefficient (Wildman–Crippen LogP) is 2.89. The highest BCUT2D eigenvalue weighted by molar-refractivity contribution is 7.10. The number of halogens is 1. The summed E-state index contributed by atoms with van der Waals surface area (Å²) in [7, 11) is 0. The van der Waals surface area contributed by atoms with Crippen LogP contribution in [0.4, 0.5) is 10.1 Å². The summed E-state index contributed by atoms with van der Waals surface area (Å²) in [4.78, 5) is 12.7. The minimum absolute atomic E-state index is 0.0627. The molecule has 2 nitrogen and oxygen atoms in total. The Hall–Kier alpha value is -1.68. The van der Waals surface area contributed by atoms with Crippen molar-refractivity contribution in [2.75, 3.05) is 5.73 Å². The highest BCUT2D eigenvalue weighted by atomic mass is 32.1. The molecule has 82 valence electrons. The van der Waals surface area contributed by atoms with Gasteiger partial charge in [-0.15, -0.1) is 11.3 Å². The van der Waals surface area contributed by atoms with Crippen molar-refractivity contribution in [3.63, 3.8) is 0 Å². The molecule has 0 atom stereocenters. The molecular weight excluding hydrogens is 225 g/mol. The molecule has 0 radical (unpaired) electrons. The Labute approximate surface area is 96.5 Å². The predicted molar refractivity (Wildman–Crippen MR) is 63.2 cm³/mol. The van der Waals surface area contributed by atoms with E-state index in [1.54, 1.807) is 6.07 Å². The lowest BCUT2D eigenvalue weighted by atomic mass is 10.1. The SMILES string of the molecule is Nc1ccc(C(=O)Cc2cccs2)cc1F. The van der Waals surface area contributed by atoms with Gasteiger partial charge < -0.3 is 5.73 Å². The van der Waals surface area contributed by atoms with E-state index in [2.05, 4.69) is 0 Å². The van der Waals surface area contributed by atoms with Gasteiger partial charge in [-0.3, -0.25) is 4.79 Å². The molecule has 1 aromatic heterocycles. The maximum absolute atomic E-state index is 13.1. The number of nitrogens with two attached hydrogens (primary N) is 1. The maximum Gasteiger partial charge on any atom is 0.168 e. The quantitative estimate of drug-likeness (QED) is 0.656. The molecule has 0 aliphatic carbocycles. The number of carbonyl (C=O) groups is 1. The van der Waals surface area contributed by atoms with Crippen molar-refractivity contribution >= 4 is 22.8 Å². The van der Waals surface area contributed by atoms with Gasteiger partial charge in [0.2, 0.25) is 0 Å². The second-order valence-electron chi connectivity index (χ2n) is 3.42.